The van der Waals surface area contributed by atoms with Crippen molar-refractivity contribution in [2.45, 2.75) is 0 Å². The first-order valence-electron chi connectivity index (χ1n) is 6.41. The molecule has 1 aliphatic rings. The lowest BCUT2D eigenvalue weighted by atomic mass is 10.2. The summed E-state index contributed by atoms with van der Waals surface area (Å²) in [5.41, 5.74) is 1.45. The Bertz CT molecular complexity index is 776. The van der Waals surface area contributed by atoms with Crippen LogP contribution in [-0.4, -0.2) is 33.0 Å². The third-order valence-electron chi connectivity index (χ3n) is 2.95. The molecule has 0 N–H and O–H groups in total. The van der Waals surface area contributed by atoms with E-state index in [0.29, 0.717) is 20.8 Å². The van der Waals surface area contributed by atoms with Crippen molar-refractivity contribution in [3.05, 3.63) is 58.5 Å². The third kappa shape index (κ3) is 3.03. The monoisotopic (exact) mass is 330 g/mol. The van der Waals surface area contributed by atoms with Gasteiger partial charge in [0.05, 0.1) is 15.6 Å². The fourth-order valence-corrected chi connectivity index (χ4v) is 2.97. The van der Waals surface area contributed by atoms with Crippen molar-refractivity contribution in [1.29, 1.82) is 0 Å². The largest absolute Gasteiger partial charge is 0.290 e. The summed E-state index contributed by atoms with van der Waals surface area (Å²) in [6.45, 7) is 0. The Morgan fingerprint density at radius 3 is 2.82 bits per heavy atom. The van der Waals surface area contributed by atoms with Crippen LogP contribution in [0, 0.1) is 0 Å². The van der Waals surface area contributed by atoms with Gasteiger partial charge in [-0.25, -0.2) is 4.99 Å². The number of aliphatic imine (C=N–C) groups is 1. The zero-order valence-corrected chi connectivity index (χ0v) is 13.2. The number of carbonyl (C=O) groups is 1. The number of amidine groups is 1. The number of hydrogen-bond donors (Lipinski definition) is 0. The van der Waals surface area contributed by atoms with E-state index in [9.17, 15) is 4.79 Å². The number of amides is 1. The van der Waals surface area contributed by atoms with Crippen LogP contribution in [0.1, 0.15) is 5.56 Å². The molecule has 0 aromatic carbocycles. The van der Waals surface area contributed by atoms with E-state index in [-0.39, 0.29) is 5.91 Å². The molecular formula is C15H11ClN4OS. The topological polar surface area (TPSA) is 58.5 Å². The second-order valence-electron chi connectivity index (χ2n) is 4.48. The summed E-state index contributed by atoms with van der Waals surface area (Å²) in [4.78, 5) is 26.8. The maximum Gasteiger partial charge on any atom is 0.266 e. The van der Waals surface area contributed by atoms with Gasteiger partial charge in [-0.2, -0.15) is 0 Å². The second kappa shape index (κ2) is 6.29. The summed E-state index contributed by atoms with van der Waals surface area (Å²) in [5.74, 6) is -0.0993. The standard InChI is InChI=1S/C15H11ClN4OS/c1-20-14(21)13(7-10-3-2-5-17-8-10)22-15(20)19-12-4-6-18-9-11(12)16/h2-9H,1H3/b13-7-,19-15?. The molecule has 2 aromatic rings. The fourth-order valence-electron chi connectivity index (χ4n) is 1.83. The van der Waals surface area contributed by atoms with E-state index in [0.717, 1.165) is 5.56 Å². The van der Waals surface area contributed by atoms with Gasteiger partial charge in [-0.05, 0) is 35.5 Å². The Balaban J connectivity index is 1.92. The average molecular weight is 331 g/mol. The van der Waals surface area contributed by atoms with Gasteiger partial charge in [-0.15, -0.1) is 0 Å². The maximum atomic E-state index is 12.3. The van der Waals surface area contributed by atoms with Crippen LogP contribution >= 0.6 is 23.4 Å². The summed E-state index contributed by atoms with van der Waals surface area (Å²) >= 11 is 7.35. The van der Waals surface area contributed by atoms with Crippen LogP contribution in [0.2, 0.25) is 5.02 Å². The number of likely N-dealkylation sites (N-methyl/N-ethyl adjacent to an activating group) is 1. The predicted molar refractivity (Wildman–Crippen MR) is 88.9 cm³/mol. The lowest BCUT2D eigenvalue weighted by Crippen LogP contribution is -2.23. The minimum absolute atomic E-state index is 0.0993. The molecule has 5 nitrogen and oxygen atoms in total. The highest BCUT2D eigenvalue weighted by atomic mass is 35.5. The molecule has 1 amide bonds. The first-order valence-corrected chi connectivity index (χ1v) is 7.60. The molecule has 0 radical (unpaired) electrons. The van der Waals surface area contributed by atoms with E-state index in [2.05, 4.69) is 15.0 Å². The Morgan fingerprint density at radius 1 is 1.27 bits per heavy atom. The first-order chi connectivity index (χ1) is 10.6. The van der Waals surface area contributed by atoms with Gasteiger partial charge in [-0.3, -0.25) is 19.7 Å². The third-order valence-corrected chi connectivity index (χ3v) is 4.30. The van der Waals surface area contributed by atoms with Crippen LogP contribution in [0.5, 0.6) is 0 Å². The number of carbonyl (C=O) groups excluding carboxylic acids is 1. The number of rotatable bonds is 2. The molecule has 1 fully saturated rings. The molecule has 22 heavy (non-hydrogen) atoms. The number of thioether (sulfide) groups is 1. The molecule has 110 valence electrons. The van der Waals surface area contributed by atoms with E-state index in [4.69, 9.17) is 11.6 Å². The van der Waals surface area contributed by atoms with Crippen molar-refractivity contribution in [2.75, 3.05) is 7.05 Å². The van der Waals surface area contributed by atoms with E-state index >= 15 is 0 Å². The van der Waals surface area contributed by atoms with Crippen molar-refractivity contribution < 1.29 is 4.79 Å². The summed E-state index contributed by atoms with van der Waals surface area (Å²) in [5, 5.41) is 1.02. The molecule has 1 aliphatic heterocycles. The Hall–Kier alpha value is -2.18. The van der Waals surface area contributed by atoms with Gasteiger partial charge in [-0.1, -0.05) is 17.7 Å². The molecular weight excluding hydrogens is 320 g/mol. The predicted octanol–water partition coefficient (Wildman–Crippen LogP) is 3.36. The van der Waals surface area contributed by atoms with Gasteiger partial charge in [0.25, 0.3) is 5.91 Å². The van der Waals surface area contributed by atoms with Gasteiger partial charge >= 0.3 is 0 Å². The molecule has 7 heteroatoms. The minimum atomic E-state index is -0.0993. The van der Waals surface area contributed by atoms with Gasteiger partial charge in [0.15, 0.2) is 5.17 Å². The van der Waals surface area contributed by atoms with Crippen molar-refractivity contribution in [1.82, 2.24) is 14.9 Å². The second-order valence-corrected chi connectivity index (χ2v) is 5.90. The number of nitrogens with zero attached hydrogens (tertiary/aromatic N) is 4. The Kier molecular flexibility index (Phi) is 4.22. The molecule has 0 saturated carbocycles. The highest BCUT2D eigenvalue weighted by Crippen LogP contribution is 2.34. The molecule has 1 saturated heterocycles. The van der Waals surface area contributed by atoms with Crippen LogP contribution in [0.15, 0.2) is 52.9 Å². The lowest BCUT2D eigenvalue weighted by Gasteiger charge is -2.07. The first kappa shape index (κ1) is 14.7. The van der Waals surface area contributed by atoms with Gasteiger partial charge < -0.3 is 0 Å². The highest BCUT2D eigenvalue weighted by molar-refractivity contribution is 8.18. The van der Waals surface area contributed by atoms with Crippen molar-refractivity contribution in [2.24, 2.45) is 4.99 Å². The molecule has 2 aromatic heterocycles. The highest BCUT2D eigenvalue weighted by Gasteiger charge is 2.30. The molecule has 0 atom stereocenters. The van der Waals surface area contributed by atoms with Gasteiger partial charge in [0, 0.05) is 31.8 Å². The number of hydrogen-bond acceptors (Lipinski definition) is 5. The summed E-state index contributed by atoms with van der Waals surface area (Å²) in [7, 11) is 1.69. The van der Waals surface area contributed by atoms with Crippen molar-refractivity contribution in [3.63, 3.8) is 0 Å². The Labute approximate surface area is 136 Å². The van der Waals surface area contributed by atoms with E-state index in [1.165, 1.54) is 22.9 Å². The minimum Gasteiger partial charge on any atom is -0.290 e. The molecule has 0 spiro atoms. The van der Waals surface area contributed by atoms with Crippen LogP contribution in [0.4, 0.5) is 5.69 Å². The Morgan fingerprint density at radius 2 is 2.09 bits per heavy atom. The lowest BCUT2D eigenvalue weighted by molar-refractivity contribution is -0.121. The summed E-state index contributed by atoms with van der Waals surface area (Å²) in [6, 6.07) is 5.42. The van der Waals surface area contributed by atoms with E-state index in [1.807, 2.05) is 12.1 Å². The quantitative estimate of drug-likeness (QED) is 0.792. The number of halogens is 1. The van der Waals surface area contributed by atoms with Crippen molar-refractivity contribution >= 4 is 46.2 Å². The average Bonchev–Trinajstić information content (AvgIpc) is 2.79. The van der Waals surface area contributed by atoms with Crippen LogP contribution in [0.3, 0.4) is 0 Å². The van der Waals surface area contributed by atoms with Gasteiger partial charge in [0.2, 0.25) is 0 Å². The molecule has 3 rings (SSSR count). The SMILES string of the molecule is CN1C(=O)/C(=C/c2cccnc2)SC1=Nc1ccncc1Cl. The molecule has 0 aliphatic carbocycles. The summed E-state index contributed by atoms with van der Waals surface area (Å²) in [6.07, 6.45) is 8.33. The molecule has 0 bridgehead atoms. The molecule has 0 unspecified atom stereocenters. The number of aromatic nitrogens is 2. The smallest absolute Gasteiger partial charge is 0.266 e. The van der Waals surface area contributed by atoms with Gasteiger partial charge in [0.1, 0.15) is 0 Å². The zero-order valence-electron chi connectivity index (χ0n) is 11.6. The van der Waals surface area contributed by atoms with Crippen LogP contribution in [-0.2, 0) is 4.79 Å². The van der Waals surface area contributed by atoms with Crippen LogP contribution in [0.25, 0.3) is 6.08 Å². The van der Waals surface area contributed by atoms with Crippen LogP contribution < -0.4 is 0 Å². The van der Waals surface area contributed by atoms with Crippen molar-refractivity contribution in [3.8, 4) is 0 Å². The maximum absolute atomic E-state index is 12.3. The molecule has 3 heterocycles. The normalized spacial score (nSPS) is 18.5. The summed E-state index contributed by atoms with van der Waals surface area (Å²) < 4.78 is 0. The number of pyridine rings is 2. The fraction of sp³-hybridized carbons (Fsp3) is 0.0667. The van der Waals surface area contributed by atoms with E-state index in [1.54, 1.807) is 37.8 Å². The van der Waals surface area contributed by atoms with E-state index < -0.39 is 0 Å². The zero-order chi connectivity index (χ0) is 15.5.